The van der Waals surface area contributed by atoms with Gasteiger partial charge in [0, 0.05) is 42.3 Å². The van der Waals surface area contributed by atoms with E-state index in [1.807, 2.05) is 25.3 Å². The topological polar surface area (TPSA) is 78.1 Å². The van der Waals surface area contributed by atoms with Crippen LogP contribution in [-0.4, -0.2) is 42.1 Å². The molecule has 1 saturated heterocycles. The van der Waals surface area contributed by atoms with E-state index in [-0.39, 0.29) is 5.41 Å². The summed E-state index contributed by atoms with van der Waals surface area (Å²) in [7, 11) is -3.40. The minimum atomic E-state index is -3.40. The van der Waals surface area contributed by atoms with Gasteiger partial charge in [0.25, 0.3) is 0 Å². The monoisotopic (exact) mass is 390 g/mol. The van der Waals surface area contributed by atoms with Crippen LogP contribution in [0.25, 0.3) is 0 Å². The van der Waals surface area contributed by atoms with Crippen LogP contribution in [0.1, 0.15) is 50.4 Å². The van der Waals surface area contributed by atoms with Crippen LogP contribution < -0.4 is 5.32 Å². The molecule has 2 N–H and O–H groups in total. The Morgan fingerprint density at radius 1 is 1.19 bits per heavy atom. The van der Waals surface area contributed by atoms with Gasteiger partial charge in [-0.25, -0.2) is 8.42 Å². The molecule has 2 aromatic rings. The first-order valence-electron chi connectivity index (χ1n) is 9.51. The predicted molar refractivity (Wildman–Crippen MR) is 107 cm³/mol. The van der Waals surface area contributed by atoms with Crippen molar-refractivity contribution in [1.29, 1.82) is 0 Å². The van der Waals surface area contributed by atoms with Crippen molar-refractivity contribution in [2.75, 3.05) is 13.1 Å². The Morgan fingerprint density at radius 2 is 1.81 bits per heavy atom. The lowest BCUT2D eigenvalue weighted by atomic mass is 9.89. The van der Waals surface area contributed by atoms with Crippen LogP contribution in [0.15, 0.2) is 35.4 Å². The average Bonchev–Trinajstić information content (AvgIpc) is 3.10. The third-order valence-electron chi connectivity index (χ3n) is 5.16. The molecule has 0 aliphatic carbocycles. The van der Waals surface area contributed by atoms with Gasteiger partial charge in [0.2, 0.25) is 10.0 Å². The van der Waals surface area contributed by atoms with E-state index in [0.29, 0.717) is 24.0 Å². The highest BCUT2D eigenvalue weighted by Crippen LogP contribution is 2.24. The molecule has 0 amide bonds. The van der Waals surface area contributed by atoms with E-state index in [0.717, 1.165) is 30.6 Å². The molecule has 1 fully saturated rings. The summed E-state index contributed by atoms with van der Waals surface area (Å²) in [6.45, 7) is 10.3. The van der Waals surface area contributed by atoms with E-state index in [4.69, 9.17) is 0 Å². The summed E-state index contributed by atoms with van der Waals surface area (Å²) in [6, 6.07) is 7.40. The zero-order valence-electron chi connectivity index (χ0n) is 16.6. The molecule has 27 heavy (non-hydrogen) atoms. The van der Waals surface area contributed by atoms with Crippen molar-refractivity contribution in [1.82, 2.24) is 19.8 Å². The molecular weight excluding hydrogens is 360 g/mol. The molecule has 0 spiro atoms. The minimum Gasteiger partial charge on any atom is -0.310 e. The lowest BCUT2D eigenvalue weighted by Crippen LogP contribution is -2.44. The number of sulfonamides is 1. The van der Waals surface area contributed by atoms with E-state index in [1.54, 1.807) is 16.4 Å². The van der Waals surface area contributed by atoms with Crippen LogP contribution in [0.4, 0.5) is 0 Å². The molecule has 7 heteroatoms. The molecule has 1 aromatic carbocycles. The summed E-state index contributed by atoms with van der Waals surface area (Å²) < 4.78 is 27.2. The minimum absolute atomic E-state index is 0.0268. The first-order valence-corrected chi connectivity index (χ1v) is 10.9. The van der Waals surface area contributed by atoms with Gasteiger partial charge in [-0.15, -0.1) is 0 Å². The molecular formula is C20H30N4O2S. The zero-order chi connectivity index (χ0) is 19.7. The third-order valence-corrected chi connectivity index (χ3v) is 7.07. The molecule has 0 bridgehead atoms. The number of aromatic amines is 1. The summed E-state index contributed by atoms with van der Waals surface area (Å²) in [4.78, 5) is 0.382. The maximum Gasteiger partial charge on any atom is 0.243 e. The molecule has 2 heterocycles. The summed E-state index contributed by atoms with van der Waals surface area (Å²) in [6.07, 6.45) is 3.51. The van der Waals surface area contributed by atoms with Crippen molar-refractivity contribution in [2.24, 2.45) is 0 Å². The Labute approximate surface area is 162 Å². The van der Waals surface area contributed by atoms with Crippen molar-refractivity contribution in [2.45, 2.75) is 63.4 Å². The van der Waals surface area contributed by atoms with Crippen molar-refractivity contribution in [3.05, 3.63) is 47.3 Å². The van der Waals surface area contributed by atoms with Crippen molar-refractivity contribution in [3.8, 4) is 0 Å². The second kappa shape index (κ2) is 7.73. The van der Waals surface area contributed by atoms with Gasteiger partial charge in [-0.2, -0.15) is 9.40 Å². The van der Waals surface area contributed by atoms with Crippen LogP contribution >= 0.6 is 0 Å². The fourth-order valence-corrected chi connectivity index (χ4v) is 4.98. The number of hydrogen-bond acceptors (Lipinski definition) is 4. The molecule has 0 unspecified atom stereocenters. The molecule has 6 nitrogen and oxygen atoms in total. The Morgan fingerprint density at radius 3 is 2.41 bits per heavy atom. The van der Waals surface area contributed by atoms with Gasteiger partial charge >= 0.3 is 0 Å². The lowest BCUT2D eigenvalue weighted by Gasteiger charge is -2.32. The van der Waals surface area contributed by atoms with Crippen molar-refractivity contribution in [3.63, 3.8) is 0 Å². The first-order chi connectivity index (χ1) is 12.7. The number of aromatic nitrogens is 2. The lowest BCUT2D eigenvalue weighted by molar-refractivity contribution is 0.288. The second-order valence-electron chi connectivity index (χ2n) is 8.39. The molecule has 1 aromatic heterocycles. The Balaban J connectivity index is 1.56. The van der Waals surface area contributed by atoms with Gasteiger partial charge in [0.1, 0.15) is 0 Å². The maximum absolute atomic E-state index is 12.8. The number of benzene rings is 1. The highest BCUT2D eigenvalue weighted by atomic mass is 32.2. The van der Waals surface area contributed by atoms with E-state index >= 15 is 0 Å². The van der Waals surface area contributed by atoms with E-state index in [1.165, 1.54) is 5.56 Å². The average molecular weight is 391 g/mol. The summed E-state index contributed by atoms with van der Waals surface area (Å²) in [5.74, 6) is 0. The number of rotatable bonds is 5. The summed E-state index contributed by atoms with van der Waals surface area (Å²) >= 11 is 0. The molecule has 3 rings (SSSR count). The Hall–Kier alpha value is -1.70. The molecule has 0 atom stereocenters. The summed E-state index contributed by atoms with van der Waals surface area (Å²) in [5, 5.41) is 10.9. The fourth-order valence-electron chi connectivity index (χ4n) is 3.51. The third kappa shape index (κ3) is 4.59. The second-order valence-corrected chi connectivity index (χ2v) is 10.3. The standard InChI is InChI=1S/C20H30N4O2S/c1-15-5-7-18(8-6-15)27(25,26)24-11-9-17(10-12-24)21-13-16-14-22-23-19(16)20(2,3)4/h5-8,14,17,21H,9-13H2,1-4H3,(H,22,23). The van der Waals surface area contributed by atoms with Gasteiger partial charge in [-0.05, 0) is 31.9 Å². The van der Waals surface area contributed by atoms with E-state index in [9.17, 15) is 8.42 Å². The van der Waals surface area contributed by atoms with E-state index < -0.39 is 10.0 Å². The maximum atomic E-state index is 12.8. The number of hydrogen-bond donors (Lipinski definition) is 2. The number of nitrogens with one attached hydrogen (secondary N) is 2. The van der Waals surface area contributed by atoms with Crippen LogP contribution in [-0.2, 0) is 22.0 Å². The van der Waals surface area contributed by atoms with Crippen molar-refractivity contribution >= 4 is 10.0 Å². The number of aryl methyl sites for hydroxylation is 1. The largest absolute Gasteiger partial charge is 0.310 e. The van der Waals surface area contributed by atoms with Crippen LogP contribution in [0, 0.1) is 6.92 Å². The summed E-state index contributed by atoms with van der Waals surface area (Å²) in [5.41, 5.74) is 3.41. The zero-order valence-corrected chi connectivity index (χ0v) is 17.4. The first kappa shape index (κ1) is 20.0. The molecule has 0 saturated carbocycles. The molecule has 0 radical (unpaired) electrons. The predicted octanol–water partition coefficient (Wildman–Crippen LogP) is 2.96. The Bertz CT molecular complexity index is 858. The normalized spacial score (nSPS) is 17.3. The molecule has 1 aliphatic heterocycles. The Kier molecular flexibility index (Phi) is 5.74. The highest BCUT2D eigenvalue weighted by molar-refractivity contribution is 7.89. The molecule has 148 valence electrons. The van der Waals surface area contributed by atoms with Crippen LogP contribution in [0.3, 0.4) is 0 Å². The SMILES string of the molecule is Cc1ccc(S(=O)(=O)N2CCC(NCc3cn[nH]c3C(C)(C)C)CC2)cc1. The highest BCUT2D eigenvalue weighted by Gasteiger charge is 2.29. The smallest absolute Gasteiger partial charge is 0.243 e. The van der Waals surface area contributed by atoms with Gasteiger partial charge in [0.15, 0.2) is 0 Å². The van der Waals surface area contributed by atoms with Gasteiger partial charge in [0.05, 0.1) is 11.1 Å². The molecule has 1 aliphatic rings. The van der Waals surface area contributed by atoms with Gasteiger partial charge in [-0.1, -0.05) is 38.5 Å². The number of nitrogens with zero attached hydrogens (tertiary/aromatic N) is 2. The van der Waals surface area contributed by atoms with Gasteiger partial charge < -0.3 is 5.32 Å². The van der Waals surface area contributed by atoms with Crippen LogP contribution in [0.5, 0.6) is 0 Å². The van der Waals surface area contributed by atoms with Crippen LogP contribution in [0.2, 0.25) is 0 Å². The van der Waals surface area contributed by atoms with Crippen molar-refractivity contribution < 1.29 is 8.42 Å². The van der Waals surface area contributed by atoms with Gasteiger partial charge in [-0.3, -0.25) is 5.10 Å². The quantitative estimate of drug-likeness (QED) is 0.823. The van der Waals surface area contributed by atoms with E-state index in [2.05, 4.69) is 36.3 Å². The number of H-pyrrole nitrogens is 1. The number of piperidine rings is 1. The fraction of sp³-hybridized carbons (Fsp3) is 0.550.